The number of amides is 1. The van der Waals surface area contributed by atoms with Crippen molar-refractivity contribution in [3.8, 4) is 0 Å². The van der Waals surface area contributed by atoms with Crippen molar-refractivity contribution in [3.05, 3.63) is 12.7 Å². The van der Waals surface area contributed by atoms with Gasteiger partial charge in [0.15, 0.2) is 0 Å². The van der Waals surface area contributed by atoms with E-state index in [1.807, 2.05) is 11.0 Å². The standard InChI is InChI=1S/C12H22N2O/c1-4-8-14(11-6-7-11)12(15)9-10(3)13-5-2/h4,10-11,13H,1,5-9H2,2-3H3. The highest BCUT2D eigenvalue weighted by Crippen LogP contribution is 2.27. The number of carbonyl (C=O) groups excluding carboxylic acids is 1. The minimum absolute atomic E-state index is 0.255. The molecule has 3 nitrogen and oxygen atoms in total. The molecule has 0 aliphatic heterocycles. The summed E-state index contributed by atoms with van der Waals surface area (Å²) in [6.07, 6.45) is 4.73. The van der Waals surface area contributed by atoms with Crippen molar-refractivity contribution in [1.29, 1.82) is 0 Å². The zero-order valence-electron chi connectivity index (χ0n) is 9.83. The van der Waals surface area contributed by atoms with Crippen molar-refractivity contribution < 1.29 is 4.79 Å². The van der Waals surface area contributed by atoms with Crippen molar-refractivity contribution in [2.24, 2.45) is 0 Å². The number of carbonyl (C=O) groups is 1. The Morgan fingerprint density at radius 2 is 2.33 bits per heavy atom. The van der Waals surface area contributed by atoms with E-state index in [9.17, 15) is 4.79 Å². The van der Waals surface area contributed by atoms with Crippen LogP contribution >= 0.6 is 0 Å². The van der Waals surface area contributed by atoms with Crippen molar-refractivity contribution in [1.82, 2.24) is 10.2 Å². The first-order chi connectivity index (χ1) is 7.19. The number of hydrogen-bond acceptors (Lipinski definition) is 2. The van der Waals surface area contributed by atoms with E-state index in [-0.39, 0.29) is 11.9 Å². The molecule has 1 aliphatic rings. The Bertz CT molecular complexity index is 224. The van der Waals surface area contributed by atoms with E-state index in [1.165, 1.54) is 0 Å². The van der Waals surface area contributed by atoms with Crippen molar-refractivity contribution >= 4 is 5.91 Å². The molecule has 0 heterocycles. The lowest BCUT2D eigenvalue weighted by Crippen LogP contribution is -2.38. The second-order valence-corrected chi connectivity index (χ2v) is 4.23. The first kappa shape index (κ1) is 12.2. The van der Waals surface area contributed by atoms with E-state index in [1.54, 1.807) is 0 Å². The molecule has 0 aromatic heterocycles. The van der Waals surface area contributed by atoms with Gasteiger partial charge in [0, 0.05) is 25.0 Å². The van der Waals surface area contributed by atoms with Gasteiger partial charge in [0.05, 0.1) is 0 Å². The highest BCUT2D eigenvalue weighted by molar-refractivity contribution is 5.77. The molecule has 0 saturated heterocycles. The molecule has 0 bridgehead atoms. The molecular formula is C12H22N2O. The fourth-order valence-corrected chi connectivity index (χ4v) is 1.78. The highest BCUT2D eigenvalue weighted by atomic mass is 16.2. The molecule has 86 valence electrons. The molecule has 0 aromatic rings. The van der Waals surface area contributed by atoms with Crippen molar-refractivity contribution in [3.63, 3.8) is 0 Å². The molecule has 1 rings (SSSR count). The van der Waals surface area contributed by atoms with E-state index in [2.05, 4.69) is 25.7 Å². The third kappa shape index (κ3) is 4.04. The number of nitrogens with zero attached hydrogens (tertiary/aromatic N) is 1. The van der Waals surface area contributed by atoms with Gasteiger partial charge in [-0.3, -0.25) is 4.79 Å². The predicted molar refractivity (Wildman–Crippen MR) is 62.7 cm³/mol. The van der Waals surface area contributed by atoms with Gasteiger partial charge in [0.1, 0.15) is 0 Å². The molecule has 3 heteroatoms. The normalized spacial score (nSPS) is 17.2. The Labute approximate surface area is 92.5 Å². The lowest BCUT2D eigenvalue weighted by atomic mass is 10.2. The summed E-state index contributed by atoms with van der Waals surface area (Å²) in [5.41, 5.74) is 0. The SMILES string of the molecule is C=CCN(C(=O)CC(C)NCC)C1CC1. The molecule has 1 unspecified atom stereocenters. The van der Waals surface area contributed by atoms with Crippen LogP contribution in [0.15, 0.2) is 12.7 Å². The van der Waals surface area contributed by atoms with Gasteiger partial charge in [0.2, 0.25) is 5.91 Å². The molecule has 0 radical (unpaired) electrons. The maximum Gasteiger partial charge on any atom is 0.224 e. The van der Waals surface area contributed by atoms with Gasteiger partial charge >= 0.3 is 0 Å². The first-order valence-electron chi connectivity index (χ1n) is 5.82. The van der Waals surface area contributed by atoms with Crippen LogP contribution in [0, 0.1) is 0 Å². The Morgan fingerprint density at radius 3 is 2.80 bits per heavy atom. The van der Waals surface area contributed by atoms with Gasteiger partial charge in [-0.05, 0) is 26.3 Å². The molecule has 1 saturated carbocycles. The Morgan fingerprint density at radius 1 is 1.67 bits per heavy atom. The van der Waals surface area contributed by atoms with E-state index < -0.39 is 0 Å². The van der Waals surface area contributed by atoms with Crippen LogP contribution in [0.1, 0.15) is 33.1 Å². The quantitative estimate of drug-likeness (QED) is 0.647. The second kappa shape index (κ2) is 5.91. The molecule has 1 fully saturated rings. The van der Waals surface area contributed by atoms with Crippen LogP contribution in [-0.4, -0.2) is 36.0 Å². The van der Waals surface area contributed by atoms with Gasteiger partial charge in [-0.15, -0.1) is 6.58 Å². The van der Waals surface area contributed by atoms with Gasteiger partial charge in [-0.25, -0.2) is 0 Å². The molecule has 1 amide bonds. The van der Waals surface area contributed by atoms with E-state index >= 15 is 0 Å². The highest BCUT2D eigenvalue weighted by Gasteiger charge is 2.31. The van der Waals surface area contributed by atoms with Crippen LogP contribution < -0.4 is 5.32 Å². The summed E-state index contributed by atoms with van der Waals surface area (Å²) in [4.78, 5) is 13.9. The molecule has 15 heavy (non-hydrogen) atoms. The predicted octanol–water partition coefficient (Wildman–Crippen LogP) is 1.55. The van der Waals surface area contributed by atoms with Gasteiger partial charge in [-0.1, -0.05) is 13.0 Å². The van der Waals surface area contributed by atoms with Gasteiger partial charge in [-0.2, -0.15) is 0 Å². The minimum atomic E-state index is 0.255. The molecule has 0 spiro atoms. The van der Waals surface area contributed by atoms with Gasteiger partial charge in [0.25, 0.3) is 0 Å². The smallest absolute Gasteiger partial charge is 0.224 e. The number of rotatable bonds is 7. The van der Waals surface area contributed by atoms with E-state index in [0.717, 1.165) is 19.4 Å². The second-order valence-electron chi connectivity index (χ2n) is 4.23. The lowest BCUT2D eigenvalue weighted by molar-refractivity contribution is -0.131. The van der Waals surface area contributed by atoms with Crippen LogP contribution in [0.4, 0.5) is 0 Å². The average Bonchev–Trinajstić information content (AvgIpc) is 2.97. The largest absolute Gasteiger partial charge is 0.336 e. The maximum absolute atomic E-state index is 11.9. The van der Waals surface area contributed by atoms with Crippen LogP contribution in [-0.2, 0) is 4.79 Å². The molecule has 1 atom stereocenters. The van der Waals surface area contributed by atoms with Gasteiger partial charge < -0.3 is 10.2 Å². The first-order valence-corrected chi connectivity index (χ1v) is 5.82. The summed E-state index contributed by atoms with van der Waals surface area (Å²) in [7, 11) is 0. The van der Waals surface area contributed by atoms with Crippen LogP contribution in [0.25, 0.3) is 0 Å². The summed E-state index contributed by atoms with van der Waals surface area (Å²) >= 11 is 0. The zero-order valence-corrected chi connectivity index (χ0v) is 9.83. The summed E-state index contributed by atoms with van der Waals surface area (Å²) in [5, 5.41) is 3.26. The van der Waals surface area contributed by atoms with Crippen molar-refractivity contribution in [2.45, 2.75) is 45.2 Å². The topological polar surface area (TPSA) is 32.3 Å². The van der Waals surface area contributed by atoms with Crippen molar-refractivity contribution in [2.75, 3.05) is 13.1 Å². The molecule has 1 N–H and O–H groups in total. The maximum atomic E-state index is 11.9. The van der Waals surface area contributed by atoms with Crippen LogP contribution in [0.2, 0.25) is 0 Å². The summed E-state index contributed by atoms with van der Waals surface area (Å²) in [6.45, 7) is 9.43. The minimum Gasteiger partial charge on any atom is -0.336 e. The molecule has 0 aromatic carbocycles. The third-order valence-corrected chi connectivity index (χ3v) is 2.67. The lowest BCUT2D eigenvalue weighted by Gasteiger charge is -2.22. The number of nitrogens with one attached hydrogen (secondary N) is 1. The van der Waals surface area contributed by atoms with Crippen LogP contribution in [0.3, 0.4) is 0 Å². The zero-order chi connectivity index (χ0) is 11.3. The Kier molecular flexibility index (Phi) is 4.82. The fourth-order valence-electron chi connectivity index (χ4n) is 1.78. The Hall–Kier alpha value is -0.830. The Balaban J connectivity index is 2.37. The third-order valence-electron chi connectivity index (χ3n) is 2.67. The summed E-state index contributed by atoms with van der Waals surface area (Å²) in [5.74, 6) is 0.255. The van der Waals surface area contributed by atoms with E-state index in [0.29, 0.717) is 19.0 Å². The summed E-state index contributed by atoms with van der Waals surface area (Å²) < 4.78 is 0. The number of hydrogen-bond donors (Lipinski definition) is 1. The van der Waals surface area contributed by atoms with E-state index in [4.69, 9.17) is 0 Å². The average molecular weight is 210 g/mol. The molecule has 1 aliphatic carbocycles. The monoisotopic (exact) mass is 210 g/mol. The molecular weight excluding hydrogens is 188 g/mol. The fraction of sp³-hybridized carbons (Fsp3) is 0.750. The van der Waals surface area contributed by atoms with Crippen LogP contribution in [0.5, 0.6) is 0 Å². The summed E-state index contributed by atoms with van der Waals surface area (Å²) in [6, 6.07) is 0.762.